The van der Waals surface area contributed by atoms with Gasteiger partial charge in [-0.05, 0) is 18.2 Å². The molecule has 0 aliphatic heterocycles. The molecule has 0 unspecified atom stereocenters. The molecule has 9 heteroatoms. The van der Waals surface area contributed by atoms with Crippen LogP contribution in [0.15, 0.2) is 35.5 Å². The Morgan fingerprint density at radius 1 is 1.41 bits per heavy atom. The first-order chi connectivity index (χ1) is 10.3. The number of esters is 1. The summed E-state index contributed by atoms with van der Waals surface area (Å²) in [5.41, 5.74) is 0.215. The van der Waals surface area contributed by atoms with Crippen molar-refractivity contribution < 1.29 is 22.3 Å². The van der Waals surface area contributed by atoms with Gasteiger partial charge in [-0.3, -0.25) is 8.99 Å². The van der Waals surface area contributed by atoms with Crippen LogP contribution in [0.5, 0.6) is 0 Å². The lowest BCUT2D eigenvalue weighted by atomic mass is 10.2. The Bertz CT molecular complexity index is 816. The molecule has 0 fully saturated rings. The summed E-state index contributed by atoms with van der Waals surface area (Å²) >= 11 is 0. The van der Waals surface area contributed by atoms with Gasteiger partial charge in [0, 0.05) is 20.3 Å². The molecule has 118 valence electrons. The number of benzene rings is 1. The highest BCUT2D eigenvalue weighted by Crippen LogP contribution is 2.24. The number of carbonyl (C=O) groups is 1. The summed E-state index contributed by atoms with van der Waals surface area (Å²) in [6.45, 7) is 0. The molecule has 0 atom stereocenters. The second kappa shape index (κ2) is 5.76. The zero-order valence-corrected chi connectivity index (χ0v) is 13.0. The fourth-order valence-corrected chi connectivity index (χ4v) is 3.06. The average Bonchev–Trinajstić information content (AvgIpc) is 2.92. The number of carbonyl (C=O) groups excluding carboxylic acids is 1. The fourth-order valence-electron chi connectivity index (χ4n) is 1.80. The van der Waals surface area contributed by atoms with Crippen molar-refractivity contribution in [3.8, 4) is 0 Å². The molecule has 0 N–H and O–H groups in total. The van der Waals surface area contributed by atoms with E-state index in [0.717, 1.165) is 29.6 Å². The minimum Gasteiger partial charge on any atom is -0.465 e. The third-order valence-corrected chi connectivity index (χ3v) is 4.85. The molecular formula is C13H14FN3O4S. The highest BCUT2D eigenvalue weighted by molar-refractivity contribution is 7.92. The summed E-state index contributed by atoms with van der Waals surface area (Å²) in [6, 6.07) is 3.02. The quantitative estimate of drug-likeness (QED) is 0.788. The van der Waals surface area contributed by atoms with Crippen molar-refractivity contribution in [1.82, 2.24) is 9.78 Å². The number of sulfonamides is 1. The molecule has 0 radical (unpaired) electrons. The topological polar surface area (TPSA) is 81.5 Å². The summed E-state index contributed by atoms with van der Waals surface area (Å²) in [6.07, 6.45) is 2.80. The maximum Gasteiger partial charge on any atom is 0.337 e. The van der Waals surface area contributed by atoms with Gasteiger partial charge >= 0.3 is 5.97 Å². The molecule has 0 spiro atoms. The number of hydrogen-bond donors (Lipinski definition) is 0. The monoisotopic (exact) mass is 327 g/mol. The van der Waals surface area contributed by atoms with Gasteiger partial charge in [-0.2, -0.15) is 5.10 Å². The SMILES string of the molecule is COC(=O)c1ccc(F)c(S(=O)(=O)N(C)c2cnn(C)c2)c1. The van der Waals surface area contributed by atoms with E-state index in [4.69, 9.17) is 0 Å². The molecule has 1 heterocycles. The second-order valence-corrected chi connectivity index (χ2v) is 6.42. The van der Waals surface area contributed by atoms with E-state index in [1.807, 2.05) is 0 Å². The van der Waals surface area contributed by atoms with E-state index >= 15 is 0 Å². The Balaban J connectivity index is 2.51. The maximum atomic E-state index is 13.9. The number of aromatic nitrogens is 2. The standard InChI is InChI=1S/C13H14FN3O4S/c1-16-8-10(7-15-16)17(2)22(19,20)12-6-9(13(18)21-3)4-5-11(12)14/h4-8H,1-3H3. The number of ether oxygens (including phenoxy) is 1. The van der Waals surface area contributed by atoms with Crippen molar-refractivity contribution in [2.24, 2.45) is 7.05 Å². The van der Waals surface area contributed by atoms with Crippen LogP contribution in [0.2, 0.25) is 0 Å². The lowest BCUT2D eigenvalue weighted by Gasteiger charge is -2.18. The van der Waals surface area contributed by atoms with Crippen LogP contribution in [0, 0.1) is 5.82 Å². The average molecular weight is 327 g/mol. The number of anilines is 1. The van der Waals surface area contributed by atoms with Gasteiger partial charge in [0.25, 0.3) is 10.0 Å². The fraction of sp³-hybridized carbons (Fsp3) is 0.231. The second-order valence-electron chi connectivity index (χ2n) is 4.48. The van der Waals surface area contributed by atoms with E-state index in [9.17, 15) is 17.6 Å². The van der Waals surface area contributed by atoms with Gasteiger partial charge in [0.05, 0.1) is 24.6 Å². The molecule has 22 heavy (non-hydrogen) atoms. The number of hydrogen-bond acceptors (Lipinski definition) is 5. The predicted molar refractivity (Wildman–Crippen MR) is 76.5 cm³/mol. The van der Waals surface area contributed by atoms with E-state index in [2.05, 4.69) is 9.84 Å². The molecule has 1 aromatic carbocycles. The Morgan fingerprint density at radius 2 is 2.09 bits per heavy atom. The van der Waals surface area contributed by atoms with Crippen LogP contribution in [0.3, 0.4) is 0 Å². The first kappa shape index (κ1) is 16.0. The number of nitrogens with zero attached hydrogens (tertiary/aromatic N) is 3. The van der Waals surface area contributed by atoms with Crippen molar-refractivity contribution in [2.75, 3.05) is 18.5 Å². The van der Waals surface area contributed by atoms with Crippen LogP contribution in [0.1, 0.15) is 10.4 Å². The van der Waals surface area contributed by atoms with Crippen molar-refractivity contribution in [3.63, 3.8) is 0 Å². The van der Waals surface area contributed by atoms with Crippen LogP contribution in [0.4, 0.5) is 10.1 Å². The first-order valence-electron chi connectivity index (χ1n) is 6.13. The Hall–Kier alpha value is -2.42. The molecule has 7 nitrogen and oxygen atoms in total. The zero-order chi connectivity index (χ0) is 16.5. The van der Waals surface area contributed by atoms with Crippen LogP contribution in [-0.2, 0) is 21.8 Å². The summed E-state index contributed by atoms with van der Waals surface area (Å²) < 4.78 is 45.8. The minimum atomic E-state index is -4.18. The molecule has 0 aliphatic rings. The Kier molecular flexibility index (Phi) is 4.18. The lowest BCUT2D eigenvalue weighted by molar-refractivity contribution is 0.0600. The van der Waals surface area contributed by atoms with Gasteiger partial charge < -0.3 is 4.74 Å². The number of rotatable bonds is 4. The summed E-state index contributed by atoms with van der Waals surface area (Å²) in [5, 5.41) is 3.87. The predicted octanol–water partition coefficient (Wildman–Crippen LogP) is 1.17. The third kappa shape index (κ3) is 2.80. The van der Waals surface area contributed by atoms with E-state index in [-0.39, 0.29) is 11.3 Å². The highest BCUT2D eigenvalue weighted by Gasteiger charge is 2.27. The van der Waals surface area contributed by atoms with Crippen LogP contribution in [0.25, 0.3) is 0 Å². The molecule has 0 aliphatic carbocycles. The van der Waals surface area contributed by atoms with Crippen molar-refractivity contribution in [3.05, 3.63) is 42.0 Å². The van der Waals surface area contributed by atoms with Crippen molar-refractivity contribution >= 4 is 21.7 Å². The van der Waals surface area contributed by atoms with Gasteiger partial charge in [-0.15, -0.1) is 0 Å². The largest absolute Gasteiger partial charge is 0.465 e. The number of aryl methyl sites for hydroxylation is 1. The van der Waals surface area contributed by atoms with E-state index < -0.39 is 26.7 Å². The van der Waals surface area contributed by atoms with Gasteiger partial charge in [-0.1, -0.05) is 0 Å². The van der Waals surface area contributed by atoms with E-state index in [0.29, 0.717) is 0 Å². The van der Waals surface area contributed by atoms with Crippen molar-refractivity contribution in [2.45, 2.75) is 4.90 Å². The summed E-state index contributed by atoms with van der Waals surface area (Å²) in [4.78, 5) is 10.9. The smallest absolute Gasteiger partial charge is 0.337 e. The first-order valence-corrected chi connectivity index (χ1v) is 7.57. The van der Waals surface area contributed by atoms with Crippen LogP contribution >= 0.6 is 0 Å². The third-order valence-electron chi connectivity index (χ3n) is 3.05. The molecule has 0 saturated heterocycles. The lowest BCUT2D eigenvalue weighted by Crippen LogP contribution is -2.27. The molecule has 0 amide bonds. The molecule has 1 aromatic heterocycles. The molecule has 2 aromatic rings. The summed E-state index contributed by atoms with van der Waals surface area (Å²) in [7, 11) is -0.120. The minimum absolute atomic E-state index is 0.0536. The van der Waals surface area contributed by atoms with Crippen molar-refractivity contribution in [1.29, 1.82) is 0 Å². The summed E-state index contributed by atoms with van der Waals surface area (Å²) in [5.74, 6) is -1.70. The van der Waals surface area contributed by atoms with Gasteiger partial charge in [0.2, 0.25) is 0 Å². The van der Waals surface area contributed by atoms with Gasteiger partial charge in [-0.25, -0.2) is 17.6 Å². The molecule has 2 rings (SSSR count). The molecule has 0 saturated carbocycles. The van der Waals surface area contributed by atoms with Gasteiger partial charge in [0.1, 0.15) is 10.7 Å². The molecule has 0 bridgehead atoms. The molecular weight excluding hydrogens is 313 g/mol. The Morgan fingerprint density at radius 3 is 2.64 bits per heavy atom. The van der Waals surface area contributed by atoms with E-state index in [1.54, 1.807) is 7.05 Å². The normalized spacial score (nSPS) is 11.3. The zero-order valence-electron chi connectivity index (χ0n) is 12.1. The maximum absolute atomic E-state index is 13.9. The number of halogens is 1. The van der Waals surface area contributed by atoms with E-state index in [1.165, 1.54) is 24.1 Å². The van der Waals surface area contributed by atoms with Crippen LogP contribution in [-0.4, -0.2) is 38.3 Å². The van der Waals surface area contributed by atoms with Gasteiger partial charge in [0.15, 0.2) is 0 Å². The van der Waals surface area contributed by atoms with Crippen LogP contribution < -0.4 is 4.31 Å². The number of methoxy groups -OCH3 is 1. The highest BCUT2D eigenvalue weighted by atomic mass is 32.2. The Labute approximate surface area is 127 Å².